The van der Waals surface area contributed by atoms with Crippen LogP contribution in [0.1, 0.15) is 46.5 Å². The summed E-state index contributed by atoms with van der Waals surface area (Å²) in [5.41, 5.74) is 5.63. The highest BCUT2D eigenvalue weighted by Crippen LogP contribution is 2.18. The maximum Gasteiger partial charge on any atom is 0.220 e. The van der Waals surface area contributed by atoms with Crippen LogP contribution in [0, 0.1) is 0 Å². The van der Waals surface area contributed by atoms with Gasteiger partial charge < -0.3 is 16.4 Å². The topological polar surface area (TPSA) is 79.5 Å². The number of nitrogens with zero attached hydrogens (tertiary/aromatic N) is 1. The Morgan fingerprint density at radius 1 is 1.41 bits per heavy atom. The van der Waals surface area contributed by atoms with Crippen molar-refractivity contribution in [3.05, 3.63) is 0 Å². The van der Waals surface area contributed by atoms with E-state index in [0.717, 1.165) is 19.3 Å². The molecule has 0 unspecified atom stereocenters. The Morgan fingerprint density at radius 2 is 2.06 bits per heavy atom. The van der Waals surface area contributed by atoms with E-state index in [2.05, 4.69) is 15.6 Å². The summed E-state index contributed by atoms with van der Waals surface area (Å²) in [4.78, 5) is 15.5. The van der Waals surface area contributed by atoms with Gasteiger partial charge in [0.1, 0.15) is 0 Å². The van der Waals surface area contributed by atoms with Gasteiger partial charge >= 0.3 is 0 Å². The SMILES string of the molecule is CC(C)(C)NC(N)=NCCCC(=O)NC1CC1. The number of rotatable bonds is 5. The summed E-state index contributed by atoms with van der Waals surface area (Å²) in [6.45, 7) is 6.67. The lowest BCUT2D eigenvalue weighted by Crippen LogP contribution is -2.45. The minimum absolute atomic E-state index is 0.0725. The van der Waals surface area contributed by atoms with Gasteiger partial charge in [0.25, 0.3) is 0 Å². The predicted octanol–water partition coefficient (Wildman–Crippen LogP) is 0.748. The predicted molar refractivity (Wildman–Crippen MR) is 69.8 cm³/mol. The molecule has 0 aromatic carbocycles. The molecular formula is C12H24N4O. The molecule has 0 saturated heterocycles. The number of amides is 1. The lowest BCUT2D eigenvalue weighted by Gasteiger charge is -2.20. The molecule has 98 valence electrons. The second-order valence-corrected chi connectivity index (χ2v) is 5.59. The van der Waals surface area contributed by atoms with Gasteiger partial charge in [-0.25, -0.2) is 0 Å². The lowest BCUT2D eigenvalue weighted by molar-refractivity contribution is -0.121. The highest BCUT2D eigenvalue weighted by atomic mass is 16.1. The summed E-state index contributed by atoms with van der Waals surface area (Å²) < 4.78 is 0. The molecule has 0 aliphatic heterocycles. The van der Waals surface area contributed by atoms with Gasteiger partial charge in [-0.2, -0.15) is 0 Å². The first-order valence-electron chi connectivity index (χ1n) is 6.24. The van der Waals surface area contributed by atoms with E-state index in [0.29, 0.717) is 25.0 Å². The average Bonchev–Trinajstić information content (AvgIpc) is 2.93. The van der Waals surface area contributed by atoms with Crippen molar-refractivity contribution < 1.29 is 4.79 Å². The summed E-state index contributed by atoms with van der Waals surface area (Å²) in [6, 6.07) is 0.443. The second-order valence-electron chi connectivity index (χ2n) is 5.59. The number of nitrogens with two attached hydrogens (primary N) is 1. The molecule has 17 heavy (non-hydrogen) atoms. The molecule has 1 aliphatic carbocycles. The zero-order valence-electron chi connectivity index (χ0n) is 11.0. The van der Waals surface area contributed by atoms with Gasteiger partial charge in [0, 0.05) is 24.5 Å². The lowest BCUT2D eigenvalue weighted by atomic mass is 10.1. The van der Waals surface area contributed by atoms with E-state index in [9.17, 15) is 4.79 Å². The summed E-state index contributed by atoms with van der Waals surface area (Å²) in [5, 5.41) is 6.02. The maximum absolute atomic E-state index is 11.4. The quantitative estimate of drug-likeness (QED) is 0.377. The smallest absolute Gasteiger partial charge is 0.220 e. The van der Waals surface area contributed by atoms with Gasteiger partial charge in [0.2, 0.25) is 5.91 Å². The first kappa shape index (κ1) is 13.8. The van der Waals surface area contributed by atoms with Crippen LogP contribution < -0.4 is 16.4 Å². The van der Waals surface area contributed by atoms with Gasteiger partial charge in [0.15, 0.2) is 5.96 Å². The molecule has 0 heterocycles. The molecular weight excluding hydrogens is 216 g/mol. The summed E-state index contributed by atoms with van der Waals surface area (Å²) >= 11 is 0. The van der Waals surface area contributed by atoms with Crippen molar-refractivity contribution in [2.45, 2.75) is 58.0 Å². The second kappa shape index (κ2) is 5.89. The van der Waals surface area contributed by atoms with Crippen LogP contribution in [0.15, 0.2) is 4.99 Å². The number of hydrogen-bond donors (Lipinski definition) is 3. The number of nitrogens with one attached hydrogen (secondary N) is 2. The monoisotopic (exact) mass is 240 g/mol. The Morgan fingerprint density at radius 3 is 2.59 bits per heavy atom. The van der Waals surface area contributed by atoms with Crippen LogP contribution in [0.4, 0.5) is 0 Å². The summed E-state index contributed by atoms with van der Waals surface area (Å²) in [7, 11) is 0. The van der Waals surface area contributed by atoms with E-state index < -0.39 is 0 Å². The zero-order valence-corrected chi connectivity index (χ0v) is 11.0. The molecule has 1 amide bonds. The van der Waals surface area contributed by atoms with E-state index in [-0.39, 0.29) is 11.4 Å². The minimum Gasteiger partial charge on any atom is -0.370 e. The molecule has 0 aromatic rings. The maximum atomic E-state index is 11.4. The molecule has 1 saturated carbocycles. The van der Waals surface area contributed by atoms with Crippen molar-refractivity contribution in [2.24, 2.45) is 10.7 Å². The highest BCUT2D eigenvalue weighted by molar-refractivity contribution is 5.78. The third kappa shape index (κ3) is 7.60. The molecule has 5 heteroatoms. The summed E-state index contributed by atoms with van der Waals surface area (Å²) in [5.74, 6) is 0.574. The van der Waals surface area contributed by atoms with Crippen molar-refractivity contribution in [1.82, 2.24) is 10.6 Å². The molecule has 1 fully saturated rings. The van der Waals surface area contributed by atoms with Crippen molar-refractivity contribution in [3.8, 4) is 0 Å². The number of guanidine groups is 1. The largest absolute Gasteiger partial charge is 0.370 e. The van der Waals surface area contributed by atoms with Crippen molar-refractivity contribution in [2.75, 3.05) is 6.54 Å². The molecule has 1 aliphatic rings. The summed E-state index contributed by atoms with van der Waals surface area (Å²) in [6.07, 6.45) is 3.53. The Bertz CT molecular complexity index is 289. The van der Waals surface area contributed by atoms with E-state index in [1.807, 2.05) is 20.8 Å². The van der Waals surface area contributed by atoms with Crippen LogP contribution in [0.3, 0.4) is 0 Å². The molecule has 0 aromatic heterocycles. The van der Waals surface area contributed by atoms with Gasteiger partial charge in [-0.15, -0.1) is 0 Å². The normalized spacial score (nSPS) is 16.8. The zero-order chi connectivity index (χ0) is 12.9. The molecule has 5 nitrogen and oxygen atoms in total. The van der Waals surface area contributed by atoms with E-state index >= 15 is 0 Å². The Balaban J connectivity index is 2.09. The first-order valence-corrected chi connectivity index (χ1v) is 6.24. The third-order valence-corrected chi connectivity index (χ3v) is 2.29. The van der Waals surface area contributed by atoms with Gasteiger partial charge in [0.05, 0.1) is 0 Å². The van der Waals surface area contributed by atoms with Crippen molar-refractivity contribution in [3.63, 3.8) is 0 Å². The van der Waals surface area contributed by atoms with E-state index in [1.165, 1.54) is 0 Å². The Kier molecular flexibility index (Phi) is 4.78. The van der Waals surface area contributed by atoms with E-state index in [1.54, 1.807) is 0 Å². The molecule has 0 spiro atoms. The molecule has 0 bridgehead atoms. The number of hydrogen-bond acceptors (Lipinski definition) is 2. The fourth-order valence-electron chi connectivity index (χ4n) is 1.39. The van der Waals surface area contributed by atoms with E-state index in [4.69, 9.17) is 5.73 Å². The van der Waals surface area contributed by atoms with Crippen LogP contribution in [0.5, 0.6) is 0 Å². The number of carbonyl (C=O) groups is 1. The number of aliphatic imine (C=N–C) groups is 1. The van der Waals surface area contributed by atoms with Crippen LogP contribution in [0.25, 0.3) is 0 Å². The number of carbonyl (C=O) groups excluding carboxylic acids is 1. The molecule has 4 N–H and O–H groups in total. The molecule has 0 atom stereocenters. The van der Waals surface area contributed by atoms with Crippen LogP contribution in [-0.4, -0.2) is 30.0 Å². The highest BCUT2D eigenvalue weighted by Gasteiger charge is 2.22. The standard InChI is InChI=1S/C12H24N4O/c1-12(2,3)16-11(13)14-8-4-5-10(17)15-9-6-7-9/h9H,4-8H2,1-3H3,(H,15,17)(H3,13,14,16). The molecule has 1 rings (SSSR count). The van der Waals surface area contributed by atoms with Crippen molar-refractivity contribution >= 4 is 11.9 Å². The van der Waals surface area contributed by atoms with Gasteiger partial charge in [-0.3, -0.25) is 9.79 Å². The average molecular weight is 240 g/mol. The first-order chi connectivity index (χ1) is 7.87. The third-order valence-electron chi connectivity index (χ3n) is 2.29. The van der Waals surface area contributed by atoms with Crippen LogP contribution >= 0.6 is 0 Å². The van der Waals surface area contributed by atoms with Crippen molar-refractivity contribution in [1.29, 1.82) is 0 Å². The van der Waals surface area contributed by atoms with Crippen LogP contribution in [-0.2, 0) is 4.79 Å². The van der Waals surface area contributed by atoms with Gasteiger partial charge in [-0.1, -0.05) is 0 Å². The minimum atomic E-state index is -0.0725. The fraction of sp³-hybridized carbons (Fsp3) is 0.833. The Labute approximate surface area is 103 Å². The van der Waals surface area contributed by atoms with Crippen LogP contribution in [0.2, 0.25) is 0 Å². The fourth-order valence-corrected chi connectivity index (χ4v) is 1.39. The Hall–Kier alpha value is -1.26. The van der Waals surface area contributed by atoms with Gasteiger partial charge in [-0.05, 0) is 40.0 Å². The molecule has 0 radical (unpaired) electrons.